The zero-order chi connectivity index (χ0) is 11.5. The highest BCUT2D eigenvalue weighted by Crippen LogP contribution is 2.09. The lowest BCUT2D eigenvalue weighted by atomic mass is 10.1. The number of nitrogens with zero attached hydrogens (tertiary/aromatic N) is 1. The fourth-order valence-electron chi connectivity index (χ4n) is 1.45. The second-order valence-electron chi connectivity index (χ2n) is 3.17. The Morgan fingerprint density at radius 2 is 2.12 bits per heavy atom. The average molecular weight is 213 g/mol. The second-order valence-corrected chi connectivity index (χ2v) is 3.17. The summed E-state index contributed by atoms with van der Waals surface area (Å²) in [7, 11) is 0. The van der Waals surface area contributed by atoms with E-state index < -0.39 is 5.91 Å². The van der Waals surface area contributed by atoms with Crippen LogP contribution in [0.2, 0.25) is 0 Å². The molecule has 1 heterocycles. The molecular weight excluding hydrogens is 206 g/mol. The van der Waals surface area contributed by atoms with Crippen molar-refractivity contribution in [1.29, 1.82) is 5.26 Å². The van der Waals surface area contributed by atoms with Gasteiger partial charge in [-0.1, -0.05) is 18.2 Å². The molecule has 78 valence electrons. The van der Waals surface area contributed by atoms with Crippen LogP contribution in [0.1, 0.15) is 10.5 Å². The average Bonchev–Trinajstić information content (AvgIpc) is 2.29. The molecule has 1 aromatic heterocycles. The van der Waals surface area contributed by atoms with Crippen LogP contribution in [-0.4, -0.2) is 10.9 Å². The quantitative estimate of drug-likeness (QED) is 0.541. The number of carbonyl (C=O) groups is 1. The molecular formula is C11H7N3O2. The molecule has 0 fully saturated rings. The fourth-order valence-corrected chi connectivity index (χ4v) is 1.45. The van der Waals surface area contributed by atoms with Crippen molar-refractivity contribution in [1.82, 2.24) is 10.3 Å². The number of nitrogens with one attached hydrogen (secondary N) is 2. The molecule has 0 aliphatic heterocycles. The van der Waals surface area contributed by atoms with Crippen molar-refractivity contribution in [3.05, 3.63) is 46.4 Å². The molecule has 5 nitrogen and oxygen atoms in total. The van der Waals surface area contributed by atoms with E-state index in [0.29, 0.717) is 10.8 Å². The van der Waals surface area contributed by atoms with Crippen LogP contribution in [-0.2, 0) is 0 Å². The Hall–Kier alpha value is -2.61. The Bertz CT molecular complexity index is 652. The van der Waals surface area contributed by atoms with Crippen LogP contribution in [0, 0.1) is 11.5 Å². The van der Waals surface area contributed by atoms with Gasteiger partial charge in [-0.05, 0) is 17.5 Å². The van der Waals surface area contributed by atoms with E-state index in [0.717, 1.165) is 0 Å². The molecule has 16 heavy (non-hydrogen) atoms. The molecule has 2 aromatic rings. The maximum absolute atomic E-state index is 11.6. The second kappa shape index (κ2) is 3.87. The lowest BCUT2D eigenvalue weighted by molar-refractivity contribution is 0.0968. The van der Waals surface area contributed by atoms with Crippen molar-refractivity contribution in [2.45, 2.75) is 0 Å². The van der Waals surface area contributed by atoms with Crippen LogP contribution in [0.15, 0.2) is 35.1 Å². The molecule has 0 saturated heterocycles. The van der Waals surface area contributed by atoms with Gasteiger partial charge in [-0.25, -0.2) is 0 Å². The molecule has 0 radical (unpaired) electrons. The van der Waals surface area contributed by atoms with Gasteiger partial charge in [-0.15, -0.1) is 0 Å². The number of fused-ring (bicyclic) bond motifs is 1. The van der Waals surface area contributed by atoms with E-state index in [-0.39, 0.29) is 11.3 Å². The van der Waals surface area contributed by atoms with Crippen LogP contribution >= 0.6 is 0 Å². The maximum atomic E-state index is 11.6. The highest BCUT2D eigenvalue weighted by atomic mass is 16.2. The van der Waals surface area contributed by atoms with E-state index >= 15 is 0 Å². The number of carbonyl (C=O) groups excluding carboxylic acids is 1. The lowest BCUT2D eigenvalue weighted by Crippen LogP contribution is -2.22. The molecule has 1 aromatic carbocycles. The summed E-state index contributed by atoms with van der Waals surface area (Å²) < 4.78 is 0. The molecule has 0 aliphatic carbocycles. The van der Waals surface area contributed by atoms with Crippen molar-refractivity contribution in [3.63, 3.8) is 0 Å². The zero-order valence-corrected chi connectivity index (χ0v) is 8.15. The summed E-state index contributed by atoms with van der Waals surface area (Å²) in [4.78, 5) is 25.3. The molecule has 0 bridgehead atoms. The first-order chi connectivity index (χ1) is 7.72. The summed E-state index contributed by atoms with van der Waals surface area (Å²) in [5, 5.41) is 11.4. The van der Waals surface area contributed by atoms with Crippen molar-refractivity contribution < 1.29 is 4.79 Å². The molecule has 2 N–H and O–H groups in total. The number of nitriles is 1. The standard InChI is InChI=1S/C11H7N3O2/c12-6-13-11(16)9-5-7-3-1-2-4-8(7)10(15)14-9/h1-5H,(H,13,16)(H,14,15). The minimum Gasteiger partial charge on any atom is -0.317 e. The highest BCUT2D eigenvalue weighted by molar-refractivity contribution is 5.96. The third-order valence-electron chi connectivity index (χ3n) is 2.17. The summed E-state index contributed by atoms with van der Waals surface area (Å²) in [5.41, 5.74) is -0.272. The van der Waals surface area contributed by atoms with E-state index in [1.54, 1.807) is 24.3 Å². The van der Waals surface area contributed by atoms with Gasteiger partial charge in [-0.3, -0.25) is 14.9 Å². The van der Waals surface area contributed by atoms with E-state index in [9.17, 15) is 9.59 Å². The highest BCUT2D eigenvalue weighted by Gasteiger charge is 2.08. The van der Waals surface area contributed by atoms with E-state index in [4.69, 9.17) is 5.26 Å². The van der Waals surface area contributed by atoms with Gasteiger partial charge >= 0.3 is 0 Å². The third-order valence-corrected chi connectivity index (χ3v) is 2.17. The van der Waals surface area contributed by atoms with Gasteiger partial charge in [0.15, 0.2) is 6.19 Å². The fraction of sp³-hybridized carbons (Fsp3) is 0. The molecule has 5 heteroatoms. The molecule has 2 rings (SSSR count). The van der Waals surface area contributed by atoms with Gasteiger partial charge < -0.3 is 4.98 Å². The molecule has 0 spiro atoms. The van der Waals surface area contributed by atoms with Crippen molar-refractivity contribution in [2.75, 3.05) is 0 Å². The first kappa shape index (κ1) is 9.93. The summed E-state index contributed by atoms with van der Waals surface area (Å²) in [6.07, 6.45) is 1.51. The minimum absolute atomic E-state index is 0.0743. The number of aromatic amines is 1. The van der Waals surface area contributed by atoms with Crippen LogP contribution < -0.4 is 10.9 Å². The molecule has 1 amide bonds. The van der Waals surface area contributed by atoms with Gasteiger partial charge in [0, 0.05) is 5.39 Å². The van der Waals surface area contributed by atoms with Gasteiger partial charge in [0.25, 0.3) is 11.5 Å². The summed E-state index contributed by atoms with van der Waals surface area (Å²) in [5.74, 6) is -0.620. The monoisotopic (exact) mass is 213 g/mol. The molecule has 0 saturated carbocycles. The number of hydrogen-bond acceptors (Lipinski definition) is 3. The Morgan fingerprint density at radius 1 is 1.38 bits per heavy atom. The van der Waals surface area contributed by atoms with Crippen LogP contribution in [0.4, 0.5) is 0 Å². The Labute approximate surface area is 90.3 Å². The summed E-state index contributed by atoms with van der Waals surface area (Å²) in [6, 6.07) is 8.44. The largest absolute Gasteiger partial charge is 0.317 e. The van der Waals surface area contributed by atoms with Crippen molar-refractivity contribution in [3.8, 4) is 6.19 Å². The predicted octanol–water partition coefficient (Wildman–Crippen LogP) is 0.739. The number of aromatic nitrogens is 1. The Morgan fingerprint density at radius 3 is 2.88 bits per heavy atom. The summed E-state index contributed by atoms with van der Waals surface area (Å²) in [6.45, 7) is 0. The van der Waals surface area contributed by atoms with Crippen molar-refractivity contribution in [2.24, 2.45) is 0 Å². The zero-order valence-electron chi connectivity index (χ0n) is 8.15. The molecule has 0 atom stereocenters. The summed E-state index contributed by atoms with van der Waals surface area (Å²) >= 11 is 0. The lowest BCUT2D eigenvalue weighted by Gasteiger charge is -2.00. The smallest absolute Gasteiger partial charge is 0.280 e. The number of pyridine rings is 1. The van der Waals surface area contributed by atoms with E-state index in [1.165, 1.54) is 12.3 Å². The topological polar surface area (TPSA) is 85.8 Å². The van der Waals surface area contributed by atoms with Crippen LogP contribution in [0.3, 0.4) is 0 Å². The first-order valence-electron chi connectivity index (χ1n) is 4.54. The van der Waals surface area contributed by atoms with Gasteiger partial charge in [0.1, 0.15) is 5.69 Å². The third kappa shape index (κ3) is 1.64. The predicted molar refractivity (Wildman–Crippen MR) is 57.6 cm³/mol. The van der Waals surface area contributed by atoms with Gasteiger partial charge in [-0.2, -0.15) is 5.26 Å². The number of benzene rings is 1. The van der Waals surface area contributed by atoms with Crippen LogP contribution in [0.25, 0.3) is 10.8 Å². The van der Waals surface area contributed by atoms with Gasteiger partial charge in [0.2, 0.25) is 0 Å². The SMILES string of the molecule is N#CNC(=O)c1cc2ccccc2c(=O)[nH]1. The normalized spacial score (nSPS) is 9.69. The molecule has 0 aliphatic rings. The Balaban J connectivity index is 2.64. The number of H-pyrrole nitrogens is 1. The van der Waals surface area contributed by atoms with E-state index in [1.807, 2.05) is 5.32 Å². The Kier molecular flexibility index (Phi) is 2.40. The minimum atomic E-state index is -0.620. The van der Waals surface area contributed by atoms with E-state index in [2.05, 4.69) is 4.98 Å². The van der Waals surface area contributed by atoms with Crippen LogP contribution in [0.5, 0.6) is 0 Å². The number of rotatable bonds is 1. The first-order valence-corrected chi connectivity index (χ1v) is 4.54. The maximum Gasteiger partial charge on any atom is 0.280 e. The number of amides is 1. The molecule has 0 unspecified atom stereocenters. The number of hydrogen-bond donors (Lipinski definition) is 2. The van der Waals surface area contributed by atoms with Crippen molar-refractivity contribution >= 4 is 16.7 Å². The van der Waals surface area contributed by atoms with Gasteiger partial charge in [0.05, 0.1) is 0 Å².